The number of rotatable bonds is 6. The van der Waals surface area contributed by atoms with Gasteiger partial charge in [-0.2, -0.15) is 33.4 Å². The largest absolute Gasteiger partial charge is 0.416 e. The monoisotopic (exact) mass is 495 g/mol. The van der Waals surface area contributed by atoms with Crippen LogP contribution in [0.3, 0.4) is 0 Å². The second-order valence-corrected chi connectivity index (χ2v) is 8.36. The molecule has 2 heterocycles. The van der Waals surface area contributed by atoms with Crippen LogP contribution >= 0.6 is 0 Å². The highest BCUT2D eigenvalue weighted by Gasteiger charge is 2.33. The van der Waals surface area contributed by atoms with Gasteiger partial charge in [0.1, 0.15) is 0 Å². The minimum Gasteiger partial charge on any atom is -0.357 e. The van der Waals surface area contributed by atoms with Gasteiger partial charge >= 0.3 is 6.18 Å². The first kappa shape index (κ1) is 24.9. The van der Waals surface area contributed by atoms with Crippen molar-refractivity contribution in [3.05, 3.63) is 65.2 Å². The molecular formula is C25H24F3N7O. The van der Waals surface area contributed by atoms with Crippen LogP contribution in [0.5, 0.6) is 0 Å². The summed E-state index contributed by atoms with van der Waals surface area (Å²) in [5.41, 5.74) is 0.566. The molecule has 186 valence electrons. The first-order chi connectivity index (χ1) is 17.3. The number of alkyl halides is 3. The number of piperidine rings is 1. The number of carbonyl (C=O) groups excluding carboxylic acids is 1. The fourth-order valence-electron chi connectivity index (χ4n) is 4.06. The van der Waals surface area contributed by atoms with Crippen molar-refractivity contribution in [2.24, 2.45) is 5.92 Å². The number of benzene rings is 2. The third kappa shape index (κ3) is 5.71. The highest BCUT2D eigenvalue weighted by atomic mass is 19.4. The predicted molar refractivity (Wildman–Crippen MR) is 128 cm³/mol. The van der Waals surface area contributed by atoms with Crippen molar-refractivity contribution in [2.75, 3.05) is 30.4 Å². The molecule has 1 fully saturated rings. The lowest BCUT2D eigenvalue weighted by Crippen LogP contribution is -2.41. The molecule has 2 aromatic carbocycles. The summed E-state index contributed by atoms with van der Waals surface area (Å²) in [5, 5.41) is 14.6. The Bertz CT molecular complexity index is 1260. The van der Waals surface area contributed by atoms with E-state index in [9.17, 15) is 18.0 Å². The first-order valence-electron chi connectivity index (χ1n) is 11.4. The second-order valence-electron chi connectivity index (χ2n) is 8.36. The minimum atomic E-state index is -4.47. The second kappa shape index (κ2) is 10.6. The lowest BCUT2D eigenvalue weighted by atomic mass is 9.96. The fraction of sp³-hybridized carbons (Fsp3) is 0.320. The predicted octanol–water partition coefficient (Wildman–Crippen LogP) is 4.00. The Kier molecular flexibility index (Phi) is 7.33. The quantitative estimate of drug-likeness (QED) is 0.532. The summed E-state index contributed by atoms with van der Waals surface area (Å²) < 4.78 is 39.6. The van der Waals surface area contributed by atoms with Gasteiger partial charge in [-0.25, -0.2) is 0 Å². The van der Waals surface area contributed by atoms with E-state index in [-0.39, 0.29) is 23.9 Å². The third-order valence-electron chi connectivity index (χ3n) is 6.04. The standard InChI is InChI=1S/C25H24F3N7O/c1-30-23-32-21(17-8-6-16(14-29)7-9-17)33-24(34-23)35-12-10-18(11-13-35)22(36)31-15-19-4-2-3-5-20(19)25(26,27)28/h2-9,18H,10-13,15H2,1H3,(H,31,36)(H,30,32,33,34). The molecule has 2 N–H and O–H groups in total. The topological polar surface area (TPSA) is 107 Å². The molecular weight excluding hydrogens is 471 g/mol. The fourth-order valence-corrected chi connectivity index (χ4v) is 4.06. The highest BCUT2D eigenvalue weighted by Crippen LogP contribution is 2.32. The molecule has 1 aromatic heterocycles. The normalized spacial score (nSPS) is 14.2. The zero-order valence-electron chi connectivity index (χ0n) is 19.5. The van der Waals surface area contributed by atoms with E-state index in [0.29, 0.717) is 49.2 Å². The van der Waals surface area contributed by atoms with Crippen LogP contribution in [0.2, 0.25) is 0 Å². The Morgan fingerprint density at radius 2 is 1.78 bits per heavy atom. The molecule has 0 atom stereocenters. The van der Waals surface area contributed by atoms with Gasteiger partial charge in [0.05, 0.1) is 17.2 Å². The molecule has 36 heavy (non-hydrogen) atoms. The molecule has 3 aromatic rings. The molecule has 1 aliphatic heterocycles. The Hall–Kier alpha value is -4.20. The summed E-state index contributed by atoms with van der Waals surface area (Å²) in [6, 6.07) is 14.2. The van der Waals surface area contributed by atoms with Crippen molar-refractivity contribution in [1.29, 1.82) is 5.26 Å². The van der Waals surface area contributed by atoms with E-state index in [2.05, 4.69) is 31.7 Å². The minimum absolute atomic E-state index is 0.0379. The molecule has 0 bridgehead atoms. The smallest absolute Gasteiger partial charge is 0.357 e. The van der Waals surface area contributed by atoms with Gasteiger partial charge in [0.15, 0.2) is 5.82 Å². The van der Waals surface area contributed by atoms with Gasteiger partial charge in [-0.3, -0.25) is 4.79 Å². The highest BCUT2D eigenvalue weighted by molar-refractivity contribution is 5.79. The van der Waals surface area contributed by atoms with E-state index in [1.165, 1.54) is 18.2 Å². The number of nitrogens with one attached hydrogen (secondary N) is 2. The van der Waals surface area contributed by atoms with Crippen molar-refractivity contribution in [3.63, 3.8) is 0 Å². The molecule has 1 amide bonds. The molecule has 0 saturated carbocycles. The van der Waals surface area contributed by atoms with E-state index in [1.54, 1.807) is 31.3 Å². The third-order valence-corrected chi connectivity index (χ3v) is 6.04. The Balaban J connectivity index is 1.40. The van der Waals surface area contributed by atoms with Crippen molar-refractivity contribution >= 4 is 17.8 Å². The summed E-state index contributed by atoms with van der Waals surface area (Å²) in [6.45, 7) is 0.843. The molecule has 11 heteroatoms. The van der Waals surface area contributed by atoms with Crippen LogP contribution in [0.15, 0.2) is 48.5 Å². The number of nitrogens with zero attached hydrogens (tertiary/aromatic N) is 5. The zero-order chi connectivity index (χ0) is 25.7. The summed E-state index contributed by atoms with van der Waals surface area (Å²) in [4.78, 5) is 28.1. The zero-order valence-corrected chi connectivity index (χ0v) is 19.5. The molecule has 8 nitrogen and oxygen atoms in total. The molecule has 4 rings (SSSR count). The lowest BCUT2D eigenvalue weighted by molar-refractivity contribution is -0.138. The summed E-state index contributed by atoms with van der Waals surface area (Å²) >= 11 is 0. The number of amides is 1. The number of hydrogen-bond acceptors (Lipinski definition) is 7. The van der Waals surface area contributed by atoms with Crippen molar-refractivity contribution in [2.45, 2.75) is 25.6 Å². The van der Waals surface area contributed by atoms with Gasteiger partial charge < -0.3 is 15.5 Å². The van der Waals surface area contributed by atoms with Crippen LogP contribution in [-0.2, 0) is 17.5 Å². The molecule has 0 radical (unpaired) electrons. The molecule has 1 aliphatic rings. The van der Waals surface area contributed by atoms with Gasteiger partial charge in [-0.1, -0.05) is 18.2 Å². The van der Waals surface area contributed by atoms with Gasteiger partial charge in [-0.15, -0.1) is 0 Å². The summed E-state index contributed by atoms with van der Waals surface area (Å²) in [7, 11) is 1.70. The lowest BCUT2D eigenvalue weighted by Gasteiger charge is -2.31. The van der Waals surface area contributed by atoms with Crippen LogP contribution < -0.4 is 15.5 Å². The number of anilines is 2. The first-order valence-corrected chi connectivity index (χ1v) is 11.4. The average Bonchev–Trinajstić information content (AvgIpc) is 2.91. The van der Waals surface area contributed by atoms with Gasteiger partial charge in [0, 0.05) is 38.2 Å². The summed E-state index contributed by atoms with van der Waals surface area (Å²) in [5.74, 6) is 0.727. The SMILES string of the molecule is CNc1nc(-c2ccc(C#N)cc2)nc(N2CCC(C(=O)NCc3ccccc3C(F)(F)F)CC2)n1. The van der Waals surface area contributed by atoms with E-state index >= 15 is 0 Å². The molecule has 1 saturated heterocycles. The Labute approximate surface area is 206 Å². The summed E-state index contributed by atoms with van der Waals surface area (Å²) in [6.07, 6.45) is -3.45. The number of hydrogen-bond donors (Lipinski definition) is 2. The maximum Gasteiger partial charge on any atom is 0.416 e. The number of carbonyl (C=O) groups is 1. The number of nitriles is 1. The van der Waals surface area contributed by atoms with E-state index in [4.69, 9.17) is 5.26 Å². The number of aromatic nitrogens is 3. The van der Waals surface area contributed by atoms with E-state index in [1.807, 2.05) is 4.90 Å². The van der Waals surface area contributed by atoms with Crippen molar-refractivity contribution in [3.8, 4) is 17.5 Å². The van der Waals surface area contributed by atoms with Crippen molar-refractivity contribution in [1.82, 2.24) is 20.3 Å². The Morgan fingerprint density at radius 1 is 1.08 bits per heavy atom. The molecule has 0 aliphatic carbocycles. The van der Waals surface area contributed by atoms with Gasteiger partial charge in [-0.05, 0) is 48.7 Å². The maximum atomic E-state index is 13.2. The maximum absolute atomic E-state index is 13.2. The van der Waals surface area contributed by atoms with Crippen LogP contribution in [0.1, 0.15) is 29.5 Å². The molecule has 0 spiro atoms. The van der Waals surface area contributed by atoms with Crippen LogP contribution in [0.25, 0.3) is 11.4 Å². The Morgan fingerprint density at radius 3 is 2.42 bits per heavy atom. The van der Waals surface area contributed by atoms with E-state index < -0.39 is 11.7 Å². The average molecular weight is 496 g/mol. The van der Waals surface area contributed by atoms with E-state index in [0.717, 1.165) is 11.6 Å². The van der Waals surface area contributed by atoms with Crippen LogP contribution in [0.4, 0.5) is 25.1 Å². The van der Waals surface area contributed by atoms with Crippen LogP contribution in [0, 0.1) is 17.2 Å². The van der Waals surface area contributed by atoms with Crippen LogP contribution in [-0.4, -0.2) is 41.0 Å². The van der Waals surface area contributed by atoms with Gasteiger partial charge in [0.25, 0.3) is 0 Å². The number of halogens is 3. The van der Waals surface area contributed by atoms with Crippen molar-refractivity contribution < 1.29 is 18.0 Å². The van der Waals surface area contributed by atoms with Gasteiger partial charge in [0.2, 0.25) is 17.8 Å². The molecule has 0 unspecified atom stereocenters.